The second-order valence-electron chi connectivity index (χ2n) is 6.60. The smallest absolute Gasteiger partial charge is 0.0931 e. The summed E-state index contributed by atoms with van der Waals surface area (Å²) in [6.07, 6.45) is 6.93. The van der Waals surface area contributed by atoms with Crippen LogP contribution in [0.5, 0.6) is 0 Å². The fraction of sp³-hybridized carbons (Fsp3) is 0.882. The van der Waals surface area contributed by atoms with Crippen molar-refractivity contribution in [2.75, 3.05) is 33.0 Å². The number of hydrogen-bond donors (Lipinski definition) is 3. The van der Waals surface area contributed by atoms with Crippen LogP contribution >= 0.6 is 0 Å². The van der Waals surface area contributed by atoms with E-state index in [-0.39, 0.29) is 6.73 Å². The molecule has 0 spiro atoms. The van der Waals surface area contributed by atoms with E-state index < -0.39 is 0 Å². The number of ether oxygens (including phenoxy) is 1. The van der Waals surface area contributed by atoms with Crippen molar-refractivity contribution in [2.24, 2.45) is 11.8 Å². The van der Waals surface area contributed by atoms with Gasteiger partial charge < -0.3 is 15.2 Å². The van der Waals surface area contributed by atoms with Gasteiger partial charge in [0, 0.05) is 19.3 Å². The Morgan fingerprint density at radius 2 is 2.19 bits per heavy atom. The summed E-state index contributed by atoms with van der Waals surface area (Å²) >= 11 is 0. The predicted molar refractivity (Wildman–Crippen MR) is 88.3 cm³/mol. The van der Waals surface area contributed by atoms with E-state index in [1.54, 1.807) is 0 Å². The average Bonchev–Trinajstić information content (AvgIpc) is 2.46. The molecule has 0 radical (unpaired) electrons. The van der Waals surface area contributed by atoms with Crippen LogP contribution in [-0.2, 0) is 4.74 Å². The van der Waals surface area contributed by atoms with E-state index in [1.807, 2.05) is 0 Å². The molecular weight excluding hydrogens is 264 g/mol. The standard InChI is InChI=1S/C17H34N2O2/c1-14(2)11-21-12-15(3)6-7-16-5-4-9-19-17(16)8-10-18-13-20/h5,14-15,17-20H,4,6-13H2,1-3H3/t15-,17-/m1/s1. The van der Waals surface area contributed by atoms with Gasteiger partial charge in [-0.3, -0.25) is 5.32 Å². The van der Waals surface area contributed by atoms with Gasteiger partial charge in [0.2, 0.25) is 0 Å². The Hall–Kier alpha value is -0.420. The van der Waals surface area contributed by atoms with Gasteiger partial charge in [0.15, 0.2) is 0 Å². The van der Waals surface area contributed by atoms with Crippen molar-refractivity contribution in [2.45, 2.75) is 52.5 Å². The Kier molecular flexibility index (Phi) is 9.92. The number of nitrogens with one attached hydrogen (secondary N) is 2. The Morgan fingerprint density at radius 1 is 1.38 bits per heavy atom. The van der Waals surface area contributed by atoms with E-state index in [1.165, 1.54) is 12.0 Å². The third-order valence-corrected chi connectivity index (χ3v) is 3.89. The van der Waals surface area contributed by atoms with E-state index >= 15 is 0 Å². The zero-order valence-corrected chi connectivity index (χ0v) is 14.0. The summed E-state index contributed by atoms with van der Waals surface area (Å²) in [7, 11) is 0. The summed E-state index contributed by atoms with van der Waals surface area (Å²) in [4.78, 5) is 0. The molecule has 124 valence electrons. The highest BCUT2D eigenvalue weighted by Crippen LogP contribution is 2.20. The monoisotopic (exact) mass is 298 g/mol. The van der Waals surface area contributed by atoms with Crippen molar-refractivity contribution in [3.05, 3.63) is 11.6 Å². The molecule has 0 fully saturated rings. The zero-order chi connectivity index (χ0) is 15.5. The van der Waals surface area contributed by atoms with Gasteiger partial charge in [-0.2, -0.15) is 0 Å². The summed E-state index contributed by atoms with van der Waals surface area (Å²) < 4.78 is 5.73. The van der Waals surface area contributed by atoms with Gasteiger partial charge in [0.05, 0.1) is 6.73 Å². The van der Waals surface area contributed by atoms with Crippen LogP contribution in [0.4, 0.5) is 0 Å². The molecule has 4 heteroatoms. The first-order valence-corrected chi connectivity index (χ1v) is 8.45. The number of aliphatic hydroxyl groups is 1. The van der Waals surface area contributed by atoms with E-state index in [0.717, 1.165) is 45.6 Å². The summed E-state index contributed by atoms with van der Waals surface area (Å²) in [5.74, 6) is 1.23. The van der Waals surface area contributed by atoms with Gasteiger partial charge in [-0.1, -0.05) is 32.4 Å². The SMILES string of the molecule is CC(C)COC[C@H](C)CCC1=CCCN[C@@H]1CCNCO. The molecule has 0 aromatic carbocycles. The molecule has 4 nitrogen and oxygen atoms in total. The van der Waals surface area contributed by atoms with Gasteiger partial charge >= 0.3 is 0 Å². The highest BCUT2D eigenvalue weighted by atomic mass is 16.5. The summed E-state index contributed by atoms with van der Waals surface area (Å²) in [6.45, 7) is 10.4. The van der Waals surface area contributed by atoms with E-state index in [4.69, 9.17) is 9.84 Å². The third kappa shape index (κ3) is 8.57. The molecule has 0 saturated heterocycles. The molecule has 0 amide bonds. The Morgan fingerprint density at radius 3 is 2.90 bits per heavy atom. The van der Waals surface area contributed by atoms with Crippen molar-refractivity contribution in [1.82, 2.24) is 10.6 Å². The summed E-state index contributed by atoms with van der Waals surface area (Å²) in [5, 5.41) is 15.4. The molecule has 0 aromatic heterocycles. The minimum atomic E-state index is 0.0655. The summed E-state index contributed by atoms with van der Waals surface area (Å²) in [5.41, 5.74) is 1.54. The van der Waals surface area contributed by atoms with Gasteiger partial charge in [0.25, 0.3) is 0 Å². The average molecular weight is 298 g/mol. The highest BCUT2D eigenvalue weighted by molar-refractivity contribution is 5.14. The molecule has 0 aromatic rings. The van der Waals surface area contributed by atoms with Crippen molar-refractivity contribution in [1.29, 1.82) is 0 Å². The normalized spacial score (nSPS) is 20.6. The molecule has 0 aliphatic carbocycles. The third-order valence-electron chi connectivity index (χ3n) is 3.89. The molecule has 0 unspecified atom stereocenters. The van der Waals surface area contributed by atoms with Crippen LogP contribution < -0.4 is 10.6 Å². The molecule has 1 aliphatic heterocycles. The summed E-state index contributed by atoms with van der Waals surface area (Å²) in [6, 6.07) is 0.474. The zero-order valence-electron chi connectivity index (χ0n) is 14.0. The van der Waals surface area contributed by atoms with Gasteiger partial charge in [0.1, 0.15) is 0 Å². The van der Waals surface area contributed by atoms with E-state index in [2.05, 4.69) is 37.5 Å². The minimum absolute atomic E-state index is 0.0655. The molecule has 21 heavy (non-hydrogen) atoms. The fourth-order valence-corrected chi connectivity index (χ4v) is 2.68. The van der Waals surface area contributed by atoms with Crippen LogP contribution in [0.3, 0.4) is 0 Å². The van der Waals surface area contributed by atoms with Gasteiger partial charge in [-0.05, 0) is 50.6 Å². The largest absolute Gasteiger partial charge is 0.381 e. The molecule has 1 rings (SSSR count). The first-order chi connectivity index (χ1) is 10.1. The minimum Gasteiger partial charge on any atom is -0.381 e. The van der Waals surface area contributed by atoms with E-state index in [0.29, 0.717) is 17.9 Å². The molecule has 1 heterocycles. The van der Waals surface area contributed by atoms with Crippen molar-refractivity contribution >= 4 is 0 Å². The van der Waals surface area contributed by atoms with Gasteiger partial charge in [-0.25, -0.2) is 0 Å². The first kappa shape index (κ1) is 18.6. The fourth-order valence-electron chi connectivity index (χ4n) is 2.68. The second-order valence-corrected chi connectivity index (χ2v) is 6.60. The Balaban J connectivity index is 2.25. The van der Waals surface area contributed by atoms with Gasteiger partial charge in [-0.15, -0.1) is 0 Å². The van der Waals surface area contributed by atoms with Crippen molar-refractivity contribution in [3.63, 3.8) is 0 Å². The Labute approximate surface area is 130 Å². The van der Waals surface area contributed by atoms with E-state index in [9.17, 15) is 0 Å². The second kappa shape index (κ2) is 11.2. The maximum atomic E-state index is 8.80. The lowest BCUT2D eigenvalue weighted by Gasteiger charge is -2.27. The predicted octanol–water partition coefficient (Wildman–Crippen LogP) is 2.29. The molecule has 0 bridgehead atoms. The quantitative estimate of drug-likeness (QED) is 0.311. The number of aliphatic hydroxyl groups excluding tert-OH is 1. The van der Waals surface area contributed by atoms with Crippen LogP contribution in [0.2, 0.25) is 0 Å². The molecule has 1 aliphatic rings. The van der Waals surface area contributed by atoms with Crippen LogP contribution in [-0.4, -0.2) is 44.2 Å². The van der Waals surface area contributed by atoms with Crippen LogP contribution in [0, 0.1) is 11.8 Å². The number of rotatable bonds is 11. The van der Waals surface area contributed by atoms with Crippen molar-refractivity contribution < 1.29 is 9.84 Å². The molecular formula is C17H34N2O2. The number of hydrogen-bond acceptors (Lipinski definition) is 4. The molecule has 0 saturated carbocycles. The van der Waals surface area contributed by atoms with Crippen LogP contribution in [0.15, 0.2) is 11.6 Å². The lowest BCUT2D eigenvalue weighted by Crippen LogP contribution is -2.37. The lowest BCUT2D eigenvalue weighted by atomic mass is 9.92. The van der Waals surface area contributed by atoms with Crippen LogP contribution in [0.1, 0.15) is 46.5 Å². The lowest BCUT2D eigenvalue weighted by molar-refractivity contribution is 0.0818. The molecule has 3 N–H and O–H groups in total. The maximum absolute atomic E-state index is 8.80. The molecule has 2 atom stereocenters. The first-order valence-electron chi connectivity index (χ1n) is 8.45. The van der Waals surface area contributed by atoms with Crippen LogP contribution in [0.25, 0.3) is 0 Å². The topological polar surface area (TPSA) is 53.5 Å². The Bertz CT molecular complexity index is 293. The highest BCUT2D eigenvalue weighted by Gasteiger charge is 2.17. The van der Waals surface area contributed by atoms with Crippen molar-refractivity contribution in [3.8, 4) is 0 Å². The maximum Gasteiger partial charge on any atom is 0.0931 e.